The van der Waals surface area contributed by atoms with E-state index in [4.69, 9.17) is 5.11 Å². The Balaban J connectivity index is 3.36. The van der Waals surface area contributed by atoms with Crippen molar-refractivity contribution in [2.45, 2.75) is 18.7 Å². The van der Waals surface area contributed by atoms with Gasteiger partial charge in [0.25, 0.3) is 0 Å². The molecule has 15 heavy (non-hydrogen) atoms. The van der Waals surface area contributed by atoms with Gasteiger partial charge in [-0.1, -0.05) is 6.92 Å². The van der Waals surface area contributed by atoms with Crippen molar-refractivity contribution in [3.05, 3.63) is 15.8 Å². The van der Waals surface area contributed by atoms with Crippen LogP contribution in [0.4, 0.5) is 0 Å². The summed E-state index contributed by atoms with van der Waals surface area (Å²) in [6, 6.07) is 0. The zero-order chi connectivity index (χ0) is 11.6. The molecule has 0 aliphatic rings. The number of carboxylic acid groups (broad SMARTS) is 1. The van der Waals surface area contributed by atoms with Crippen LogP contribution >= 0.6 is 11.3 Å². The van der Waals surface area contributed by atoms with Crippen LogP contribution in [0.3, 0.4) is 0 Å². The molecule has 0 amide bonds. The lowest BCUT2D eigenvalue weighted by Gasteiger charge is -2.04. The molecule has 5 nitrogen and oxygen atoms in total. The van der Waals surface area contributed by atoms with Crippen LogP contribution in [0.25, 0.3) is 0 Å². The summed E-state index contributed by atoms with van der Waals surface area (Å²) in [6.45, 7) is 3.45. The number of hydrogen-bond acceptors (Lipinski definition) is 4. The molecule has 0 spiro atoms. The van der Waals surface area contributed by atoms with Gasteiger partial charge in [0, 0.05) is 6.54 Å². The molecule has 0 unspecified atom stereocenters. The first-order valence-electron chi connectivity index (χ1n) is 4.21. The molecule has 0 aliphatic heterocycles. The SMILES string of the molecule is CCNS(=O)(=O)c1c(C)csc1C(=O)O. The van der Waals surface area contributed by atoms with E-state index in [0.717, 1.165) is 11.3 Å². The largest absolute Gasteiger partial charge is 0.477 e. The fourth-order valence-corrected chi connectivity index (χ4v) is 3.85. The molecule has 1 heterocycles. The highest BCUT2D eigenvalue weighted by Crippen LogP contribution is 2.26. The normalized spacial score (nSPS) is 11.6. The molecular weight excluding hydrogens is 238 g/mol. The smallest absolute Gasteiger partial charge is 0.347 e. The molecule has 0 fully saturated rings. The summed E-state index contributed by atoms with van der Waals surface area (Å²) in [5, 5.41) is 10.4. The lowest BCUT2D eigenvalue weighted by Crippen LogP contribution is -2.24. The molecule has 1 aromatic rings. The maximum Gasteiger partial charge on any atom is 0.347 e. The first kappa shape index (κ1) is 12.2. The molecule has 0 saturated heterocycles. The third-order valence-corrected chi connectivity index (χ3v) is 4.66. The number of nitrogens with one attached hydrogen (secondary N) is 1. The van der Waals surface area contributed by atoms with Crippen molar-refractivity contribution in [1.82, 2.24) is 4.72 Å². The Morgan fingerprint density at radius 1 is 1.60 bits per heavy atom. The van der Waals surface area contributed by atoms with Crippen molar-refractivity contribution in [1.29, 1.82) is 0 Å². The van der Waals surface area contributed by atoms with E-state index in [2.05, 4.69) is 4.72 Å². The molecule has 0 atom stereocenters. The van der Waals surface area contributed by atoms with Crippen LogP contribution in [0.5, 0.6) is 0 Å². The molecule has 2 N–H and O–H groups in total. The van der Waals surface area contributed by atoms with Crippen molar-refractivity contribution >= 4 is 27.3 Å². The summed E-state index contributed by atoms with van der Waals surface area (Å²) in [5.74, 6) is -1.22. The highest BCUT2D eigenvalue weighted by atomic mass is 32.2. The molecule has 0 saturated carbocycles. The zero-order valence-corrected chi connectivity index (χ0v) is 9.91. The van der Waals surface area contributed by atoms with E-state index in [1.54, 1.807) is 13.8 Å². The summed E-state index contributed by atoms with van der Waals surface area (Å²) in [4.78, 5) is 10.5. The number of aryl methyl sites for hydroxylation is 1. The van der Waals surface area contributed by atoms with Gasteiger partial charge in [-0.3, -0.25) is 0 Å². The fraction of sp³-hybridized carbons (Fsp3) is 0.375. The van der Waals surface area contributed by atoms with Gasteiger partial charge in [-0.15, -0.1) is 11.3 Å². The summed E-state index contributed by atoms with van der Waals surface area (Å²) < 4.78 is 25.6. The molecule has 1 rings (SSSR count). The van der Waals surface area contributed by atoms with Crippen LogP contribution in [0.15, 0.2) is 10.3 Å². The van der Waals surface area contributed by atoms with Crippen LogP contribution in [0.1, 0.15) is 22.2 Å². The first-order valence-corrected chi connectivity index (χ1v) is 6.57. The lowest BCUT2D eigenvalue weighted by atomic mass is 10.3. The summed E-state index contributed by atoms with van der Waals surface area (Å²) in [5.41, 5.74) is 0.457. The van der Waals surface area contributed by atoms with Crippen molar-refractivity contribution in [3.8, 4) is 0 Å². The minimum absolute atomic E-state index is 0.123. The number of hydrogen-bond donors (Lipinski definition) is 2. The topological polar surface area (TPSA) is 83.5 Å². The minimum Gasteiger partial charge on any atom is -0.477 e. The standard InChI is InChI=1S/C8H11NO4S2/c1-3-9-15(12,13)7-5(2)4-14-6(7)8(10)11/h4,9H,3H2,1-2H3,(H,10,11). The van der Waals surface area contributed by atoms with Crippen molar-refractivity contribution in [2.24, 2.45) is 0 Å². The number of sulfonamides is 1. The van der Waals surface area contributed by atoms with Gasteiger partial charge in [-0.05, 0) is 17.9 Å². The van der Waals surface area contributed by atoms with Gasteiger partial charge >= 0.3 is 5.97 Å². The van der Waals surface area contributed by atoms with Crippen molar-refractivity contribution in [3.63, 3.8) is 0 Å². The van der Waals surface area contributed by atoms with Gasteiger partial charge in [0.15, 0.2) is 0 Å². The maximum absolute atomic E-state index is 11.7. The van der Waals surface area contributed by atoms with E-state index in [1.165, 1.54) is 5.38 Å². The Hall–Kier alpha value is -0.920. The van der Waals surface area contributed by atoms with Crippen LogP contribution in [-0.2, 0) is 10.0 Å². The predicted molar refractivity (Wildman–Crippen MR) is 56.9 cm³/mol. The molecular formula is C8H11NO4S2. The molecule has 7 heteroatoms. The van der Waals surface area contributed by atoms with E-state index in [1.807, 2.05) is 0 Å². The van der Waals surface area contributed by atoms with Crippen molar-refractivity contribution < 1.29 is 18.3 Å². The second-order valence-corrected chi connectivity index (χ2v) is 5.47. The maximum atomic E-state index is 11.7. The van der Waals surface area contributed by atoms with Crippen LogP contribution < -0.4 is 4.72 Å². The number of carboxylic acids is 1. The fourth-order valence-electron chi connectivity index (χ4n) is 1.18. The second kappa shape index (κ2) is 4.30. The lowest BCUT2D eigenvalue weighted by molar-refractivity contribution is 0.0698. The van der Waals surface area contributed by atoms with Gasteiger partial charge in [-0.2, -0.15) is 0 Å². The van der Waals surface area contributed by atoms with Gasteiger partial charge in [0.1, 0.15) is 9.77 Å². The Morgan fingerprint density at radius 2 is 2.20 bits per heavy atom. The highest BCUT2D eigenvalue weighted by molar-refractivity contribution is 7.89. The molecule has 0 aliphatic carbocycles. The highest BCUT2D eigenvalue weighted by Gasteiger charge is 2.25. The van der Waals surface area contributed by atoms with Crippen LogP contribution in [0.2, 0.25) is 0 Å². The summed E-state index contributed by atoms with van der Waals surface area (Å²) in [7, 11) is -3.69. The van der Waals surface area contributed by atoms with E-state index >= 15 is 0 Å². The average molecular weight is 249 g/mol. The first-order chi connectivity index (χ1) is 6.90. The Bertz CT molecular complexity index is 475. The van der Waals surface area contributed by atoms with Gasteiger partial charge in [0.2, 0.25) is 10.0 Å². The van der Waals surface area contributed by atoms with E-state index < -0.39 is 16.0 Å². The van der Waals surface area contributed by atoms with Gasteiger partial charge in [0.05, 0.1) is 0 Å². The zero-order valence-electron chi connectivity index (χ0n) is 8.27. The monoisotopic (exact) mass is 249 g/mol. The van der Waals surface area contributed by atoms with Crippen molar-refractivity contribution in [2.75, 3.05) is 6.54 Å². The minimum atomic E-state index is -3.69. The number of aromatic carboxylic acids is 1. The quantitative estimate of drug-likeness (QED) is 0.835. The molecule has 84 valence electrons. The third kappa shape index (κ3) is 2.36. The molecule has 0 radical (unpaired) electrons. The summed E-state index contributed by atoms with van der Waals surface area (Å²) >= 11 is 0.918. The second-order valence-electron chi connectivity index (χ2n) is 2.88. The van der Waals surface area contributed by atoms with E-state index in [-0.39, 0.29) is 16.3 Å². The Kier molecular flexibility index (Phi) is 3.48. The third-order valence-electron chi connectivity index (χ3n) is 1.72. The average Bonchev–Trinajstić information content (AvgIpc) is 2.47. The molecule has 0 bridgehead atoms. The van der Waals surface area contributed by atoms with E-state index in [0.29, 0.717) is 5.56 Å². The number of rotatable bonds is 4. The number of carbonyl (C=O) groups is 1. The van der Waals surface area contributed by atoms with E-state index in [9.17, 15) is 13.2 Å². The predicted octanol–water partition coefficient (Wildman–Crippen LogP) is 1.05. The Labute approximate surface area is 91.8 Å². The number of thiophene rings is 1. The van der Waals surface area contributed by atoms with Crippen LogP contribution in [0, 0.1) is 6.92 Å². The van der Waals surface area contributed by atoms with Gasteiger partial charge < -0.3 is 5.11 Å². The molecule has 0 aromatic carbocycles. The van der Waals surface area contributed by atoms with Gasteiger partial charge in [-0.25, -0.2) is 17.9 Å². The molecule has 1 aromatic heterocycles. The van der Waals surface area contributed by atoms with Crippen LogP contribution in [-0.4, -0.2) is 26.0 Å². The Morgan fingerprint density at radius 3 is 2.67 bits per heavy atom. The summed E-state index contributed by atoms with van der Waals surface area (Å²) in [6.07, 6.45) is 0.